The van der Waals surface area contributed by atoms with Gasteiger partial charge in [-0.15, -0.1) is 22.7 Å². The molecule has 0 radical (unpaired) electrons. The molecule has 0 saturated heterocycles. The number of rotatable bonds is 8. The van der Waals surface area contributed by atoms with Crippen molar-refractivity contribution in [2.24, 2.45) is 0 Å². The minimum Gasteiger partial charge on any atom is -0.456 e. The van der Waals surface area contributed by atoms with Gasteiger partial charge in [0.25, 0.3) is 5.91 Å². The molecule has 0 saturated carbocycles. The third-order valence-electron chi connectivity index (χ3n) is 3.83. The number of ketones is 1. The number of halogens is 1. The highest BCUT2D eigenvalue weighted by Crippen LogP contribution is 2.24. The first-order chi connectivity index (χ1) is 13.9. The van der Waals surface area contributed by atoms with E-state index in [9.17, 15) is 14.4 Å². The maximum atomic E-state index is 12.0. The molecule has 29 heavy (non-hydrogen) atoms. The summed E-state index contributed by atoms with van der Waals surface area (Å²) in [5, 5.41) is 5.60. The van der Waals surface area contributed by atoms with Gasteiger partial charge in [-0.25, -0.2) is 4.98 Å². The molecule has 0 spiro atoms. The van der Waals surface area contributed by atoms with Crippen LogP contribution in [0, 0.1) is 6.92 Å². The van der Waals surface area contributed by atoms with Gasteiger partial charge in [-0.1, -0.05) is 23.7 Å². The summed E-state index contributed by atoms with van der Waals surface area (Å²) in [6.07, 6.45) is -0.0906. The first-order valence-electron chi connectivity index (χ1n) is 8.67. The number of hydrogen-bond acceptors (Lipinski definition) is 7. The Hall–Kier alpha value is -2.55. The Bertz CT molecular complexity index is 1040. The smallest absolute Gasteiger partial charge is 0.306 e. The molecule has 2 heterocycles. The van der Waals surface area contributed by atoms with Crippen LogP contribution in [-0.4, -0.2) is 29.3 Å². The SMILES string of the molecule is Cc1nc(-c2cccc(NC(=O)COC(=O)CCC(=O)c3ccc(Cl)s3)c2)cs1. The summed E-state index contributed by atoms with van der Waals surface area (Å²) < 4.78 is 5.46. The zero-order chi connectivity index (χ0) is 20.8. The van der Waals surface area contributed by atoms with E-state index in [1.165, 1.54) is 0 Å². The summed E-state index contributed by atoms with van der Waals surface area (Å²) in [6.45, 7) is 1.51. The fourth-order valence-corrected chi connectivity index (χ4v) is 4.10. The normalized spacial score (nSPS) is 10.6. The maximum absolute atomic E-state index is 12.0. The number of hydrogen-bond donors (Lipinski definition) is 1. The van der Waals surface area contributed by atoms with Gasteiger partial charge < -0.3 is 10.1 Å². The quantitative estimate of drug-likeness (QED) is 0.388. The number of thiazole rings is 1. The van der Waals surface area contributed by atoms with Crippen molar-refractivity contribution in [2.45, 2.75) is 19.8 Å². The van der Waals surface area contributed by atoms with Gasteiger partial charge in [-0.2, -0.15) is 0 Å². The molecular weight excluding hydrogens is 432 g/mol. The van der Waals surface area contributed by atoms with Crippen LogP contribution in [0.25, 0.3) is 11.3 Å². The summed E-state index contributed by atoms with van der Waals surface area (Å²) >= 11 is 8.51. The molecule has 0 aliphatic carbocycles. The predicted molar refractivity (Wildman–Crippen MR) is 115 cm³/mol. The van der Waals surface area contributed by atoms with Crippen molar-refractivity contribution < 1.29 is 19.1 Å². The van der Waals surface area contributed by atoms with Crippen molar-refractivity contribution in [3.05, 3.63) is 56.0 Å². The molecule has 0 atom stereocenters. The molecule has 0 unspecified atom stereocenters. The molecular formula is C20H17ClN2O4S2. The lowest BCUT2D eigenvalue weighted by Gasteiger charge is -2.07. The van der Waals surface area contributed by atoms with Gasteiger partial charge in [0.2, 0.25) is 0 Å². The van der Waals surface area contributed by atoms with E-state index >= 15 is 0 Å². The fourth-order valence-electron chi connectivity index (χ4n) is 2.47. The molecule has 0 aliphatic rings. The summed E-state index contributed by atoms with van der Waals surface area (Å²) in [4.78, 5) is 40.7. The standard InChI is InChI=1S/C20H17ClN2O4S2/c1-12-22-15(11-28-12)13-3-2-4-14(9-13)23-19(25)10-27-20(26)8-5-16(24)17-6-7-18(21)29-17/h2-4,6-7,9,11H,5,8,10H2,1H3,(H,23,25). The minimum atomic E-state index is -0.608. The number of nitrogens with zero attached hydrogens (tertiary/aromatic N) is 1. The van der Waals surface area contributed by atoms with Crippen molar-refractivity contribution >= 4 is 57.6 Å². The number of ether oxygens (including phenoxy) is 1. The lowest BCUT2D eigenvalue weighted by atomic mass is 10.1. The average molecular weight is 449 g/mol. The summed E-state index contributed by atoms with van der Waals surface area (Å²) in [5.41, 5.74) is 2.31. The Balaban J connectivity index is 1.45. The molecule has 150 valence electrons. The summed E-state index contributed by atoms with van der Waals surface area (Å²) in [7, 11) is 0. The third-order valence-corrected chi connectivity index (χ3v) is 5.88. The zero-order valence-corrected chi connectivity index (χ0v) is 17.8. The van der Waals surface area contributed by atoms with Gasteiger partial charge in [-0.3, -0.25) is 14.4 Å². The second-order valence-corrected chi connectivity index (χ2v) is 8.85. The highest BCUT2D eigenvalue weighted by molar-refractivity contribution is 7.18. The second kappa shape index (κ2) is 9.78. The Morgan fingerprint density at radius 2 is 2.00 bits per heavy atom. The number of carbonyl (C=O) groups excluding carboxylic acids is 3. The van der Waals surface area contributed by atoms with Crippen LogP contribution in [0.4, 0.5) is 5.69 Å². The van der Waals surface area contributed by atoms with E-state index in [1.807, 2.05) is 24.4 Å². The lowest BCUT2D eigenvalue weighted by molar-refractivity contribution is -0.147. The van der Waals surface area contributed by atoms with E-state index in [0.717, 1.165) is 27.6 Å². The van der Waals surface area contributed by atoms with Gasteiger partial charge in [-0.05, 0) is 31.2 Å². The lowest BCUT2D eigenvalue weighted by Crippen LogP contribution is -2.21. The topological polar surface area (TPSA) is 85.4 Å². The third kappa shape index (κ3) is 6.22. The largest absolute Gasteiger partial charge is 0.456 e. The zero-order valence-electron chi connectivity index (χ0n) is 15.4. The van der Waals surface area contributed by atoms with E-state index < -0.39 is 18.5 Å². The van der Waals surface area contributed by atoms with Crippen LogP contribution in [0.2, 0.25) is 4.34 Å². The molecule has 9 heteroatoms. The first kappa shape index (κ1) is 21.2. The van der Waals surface area contributed by atoms with Gasteiger partial charge in [0.05, 0.1) is 26.3 Å². The molecule has 1 aromatic carbocycles. The highest BCUT2D eigenvalue weighted by atomic mass is 35.5. The Morgan fingerprint density at radius 1 is 1.17 bits per heavy atom. The Kier molecular flexibility index (Phi) is 7.13. The van der Waals surface area contributed by atoms with Crippen molar-refractivity contribution in [3.8, 4) is 11.3 Å². The molecule has 1 N–H and O–H groups in total. The van der Waals surface area contributed by atoms with Crippen LogP contribution in [0.1, 0.15) is 27.5 Å². The van der Waals surface area contributed by atoms with E-state index in [2.05, 4.69) is 10.3 Å². The molecule has 6 nitrogen and oxygen atoms in total. The van der Waals surface area contributed by atoms with Gasteiger partial charge in [0, 0.05) is 23.1 Å². The summed E-state index contributed by atoms with van der Waals surface area (Å²) in [5.74, 6) is -1.25. The van der Waals surface area contributed by atoms with E-state index in [-0.39, 0.29) is 18.6 Å². The van der Waals surface area contributed by atoms with Crippen molar-refractivity contribution in [2.75, 3.05) is 11.9 Å². The van der Waals surface area contributed by atoms with Crippen molar-refractivity contribution in [1.29, 1.82) is 0 Å². The molecule has 0 bridgehead atoms. The van der Waals surface area contributed by atoms with E-state index in [1.54, 1.807) is 35.6 Å². The van der Waals surface area contributed by atoms with Gasteiger partial charge in [0.15, 0.2) is 12.4 Å². The Labute approximate surface area is 180 Å². The van der Waals surface area contributed by atoms with Crippen LogP contribution in [0.3, 0.4) is 0 Å². The highest BCUT2D eigenvalue weighted by Gasteiger charge is 2.14. The Morgan fingerprint density at radius 3 is 2.69 bits per heavy atom. The summed E-state index contributed by atoms with van der Waals surface area (Å²) in [6, 6.07) is 10.5. The number of benzene rings is 1. The predicted octanol–water partition coefficient (Wildman–Crippen LogP) is 4.98. The number of amides is 1. The van der Waals surface area contributed by atoms with Gasteiger partial charge in [0.1, 0.15) is 0 Å². The molecule has 0 fully saturated rings. The molecule has 2 aromatic heterocycles. The monoisotopic (exact) mass is 448 g/mol. The number of aromatic nitrogens is 1. The number of nitrogens with one attached hydrogen (secondary N) is 1. The van der Waals surface area contributed by atoms with Crippen LogP contribution in [-0.2, 0) is 14.3 Å². The number of esters is 1. The van der Waals surface area contributed by atoms with Crippen LogP contribution < -0.4 is 5.32 Å². The second-order valence-electron chi connectivity index (χ2n) is 6.07. The molecule has 3 aromatic rings. The van der Waals surface area contributed by atoms with Crippen molar-refractivity contribution in [3.63, 3.8) is 0 Å². The number of carbonyl (C=O) groups is 3. The first-order valence-corrected chi connectivity index (χ1v) is 10.7. The van der Waals surface area contributed by atoms with Crippen molar-refractivity contribution in [1.82, 2.24) is 4.98 Å². The molecule has 1 amide bonds. The molecule has 3 rings (SSSR count). The molecule has 0 aliphatic heterocycles. The fraction of sp³-hybridized carbons (Fsp3) is 0.200. The van der Waals surface area contributed by atoms with Gasteiger partial charge >= 0.3 is 5.97 Å². The number of thiophene rings is 1. The average Bonchev–Trinajstić information content (AvgIpc) is 3.33. The number of aryl methyl sites for hydroxylation is 1. The van der Waals surface area contributed by atoms with Crippen LogP contribution in [0.15, 0.2) is 41.8 Å². The maximum Gasteiger partial charge on any atom is 0.306 e. The number of Topliss-reactive ketones (excluding diaryl/α,β-unsaturated/α-hetero) is 1. The van der Waals surface area contributed by atoms with E-state index in [0.29, 0.717) is 14.9 Å². The minimum absolute atomic E-state index is 0.00635. The van der Waals surface area contributed by atoms with Crippen LogP contribution in [0.5, 0.6) is 0 Å². The van der Waals surface area contributed by atoms with E-state index in [4.69, 9.17) is 16.3 Å². The van der Waals surface area contributed by atoms with Crippen LogP contribution >= 0.6 is 34.3 Å². The number of anilines is 1.